The van der Waals surface area contributed by atoms with Crippen LogP contribution >= 0.6 is 0 Å². The van der Waals surface area contributed by atoms with Gasteiger partial charge in [-0.05, 0) is 11.6 Å². The molecule has 1 atom stereocenters. The van der Waals surface area contributed by atoms with E-state index < -0.39 is 0 Å². The maximum absolute atomic E-state index is 11.2. The van der Waals surface area contributed by atoms with Crippen LogP contribution in [0.1, 0.15) is 11.6 Å². The second kappa shape index (κ2) is 4.27. The number of aromatic nitrogens is 1. The molecule has 2 heterocycles. The van der Waals surface area contributed by atoms with Crippen LogP contribution < -0.4 is 11.1 Å². The highest BCUT2D eigenvalue weighted by molar-refractivity contribution is 5.72. The molecule has 0 radical (unpaired) electrons. The van der Waals surface area contributed by atoms with Crippen LogP contribution in [0.5, 0.6) is 0 Å². The molecule has 3 N–H and O–H groups in total. The smallest absolute Gasteiger partial charge is 0.315 e. The molecule has 1 aliphatic heterocycles. The van der Waals surface area contributed by atoms with Crippen molar-refractivity contribution >= 4 is 6.03 Å². The zero-order chi connectivity index (χ0) is 10.7. The third-order valence-corrected chi connectivity index (χ3v) is 2.60. The van der Waals surface area contributed by atoms with Gasteiger partial charge in [0, 0.05) is 32.0 Å². The molecule has 1 aliphatic rings. The predicted molar refractivity (Wildman–Crippen MR) is 56.1 cm³/mol. The Morgan fingerprint density at radius 1 is 1.67 bits per heavy atom. The highest BCUT2D eigenvalue weighted by atomic mass is 16.2. The third-order valence-electron chi connectivity index (χ3n) is 2.60. The maximum Gasteiger partial charge on any atom is 0.315 e. The molecular formula is C10H14N4O. The van der Waals surface area contributed by atoms with Crippen molar-refractivity contribution in [3.8, 4) is 0 Å². The van der Waals surface area contributed by atoms with Crippen LogP contribution in [0.4, 0.5) is 4.79 Å². The molecule has 1 saturated heterocycles. The summed E-state index contributed by atoms with van der Waals surface area (Å²) in [5, 5.41) is 3.24. The first-order valence-corrected chi connectivity index (χ1v) is 4.96. The minimum absolute atomic E-state index is 0.00458. The highest BCUT2D eigenvalue weighted by Crippen LogP contribution is 2.20. The molecule has 0 saturated carbocycles. The van der Waals surface area contributed by atoms with Crippen molar-refractivity contribution in [1.82, 2.24) is 15.2 Å². The topological polar surface area (TPSA) is 71.2 Å². The predicted octanol–water partition coefficient (Wildman–Crippen LogP) is 0.107. The van der Waals surface area contributed by atoms with Gasteiger partial charge in [0.05, 0.1) is 6.04 Å². The van der Waals surface area contributed by atoms with E-state index in [4.69, 9.17) is 5.73 Å². The number of primary amides is 1. The number of amides is 2. The summed E-state index contributed by atoms with van der Waals surface area (Å²) in [6, 6.07) is 3.46. The van der Waals surface area contributed by atoms with E-state index in [9.17, 15) is 4.79 Å². The van der Waals surface area contributed by atoms with Crippen molar-refractivity contribution in [2.75, 3.05) is 19.6 Å². The van der Waals surface area contributed by atoms with Crippen LogP contribution in [0, 0.1) is 0 Å². The SMILES string of the molecule is NC(=O)N1CCNCC1c1cccnc1. The lowest BCUT2D eigenvalue weighted by molar-refractivity contribution is 0.167. The molecule has 2 amide bonds. The van der Waals surface area contributed by atoms with Crippen LogP contribution in [0.25, 0.3) is 0 Å². The molecule has 5 heteroatoms. The molecule has 1 fully saturated rings. The van der Waals surface area contributed by atoms with Gasteiger partial charge in [-0.25, -0.2) is 4.79 Å². The normalized spacial score (nSPS) is 21.3. The second-order valence-electron chi connectivity index (χ2n) is 3.54. The standard InChI is InChI=1S/C10H14N4O/c11-10(15)14-5-4-13-7-9(14)8-2-1-3-12-6-8/h1-3,6,9,13H,4-5,7H2,(H2,11,15). The van der Waals surface area contributed by atoms with Crippen molar-refractivity contribution in [3.63, 3.8) is 0 Å². The Labute approximate surface area is 88.3 Å². The van der Waals surface area contributed by atoms with Crippen LogP contribution in [0.3, 0.4) is 0 Å². The molecule has 15 heavy (non-hydrogen) atoms. The molecule has 5 nitrogen and oxygen atoms in total. The Morgan fingerprint density at radius 3 is 3.20 bits per heavy atom. The van der Waals surface area contributed by atoms with E-state index in [2.05, 4.69) is 10.3 Å². The summed E-state index contributed by atoms with van der Waals surface area (Å²) in [7, 11) is 0. The monoisotopic (exact) mass is 206 g/mol. The number of rotatable bonds is 1. The van der Waals surface area contributed by atoms with Gasteiger partial charge in [-0.1, -0.05) is 6.07 Å². The first-order valence-electron chi connectivity index (χ1n) is 4.96. The number of carbonyl (C=O) groups is 1. The van der Waals surface area contributed by atoms with E-state index in [-0.39, 0.29) is 12.1 Å². The van der Waals surface area contributed by atoms with Crippen molar-refractivity contribution in [3.05, 3.63) is 30.1 Å². The van der Waals surface area contributed by atoms with Crippen molar-refractivity contribution in [1.29, 1.82) is 0 Å². The molecule has 80 valence electrons. The van der Waals surface area contributed by atoms with Gasteiger partial charge in [0.25, 0.3) is 0 Å². The van der Waals surface area contributed by atoms with E-state index >= 15 is 0 Å². The lowest BCUT2D eigenvalue weighted by Gasteiger charge is -2.35. The van der Waals surface area contributed by atoms with Gasteiger partial charge >= 0.3 is 6.03 Å². The molecular weight excluding hydrogens is 192 g/mol. The summed E-state index contributed by atoms with van der Waals surface area (Å²) in [4.78, 5) is 17.0. The molecule has 1 aromatic heterocycles. The Bertz CT molecular complexity index is 341. The average Bonchev–Trinajstić information content (AvgIpc) is 2.30. The summed E-state index contributed by atoms with van der Waals surface area (Å²) >= 11 is 0. The van der Waals surface area contributed by atoms with Gasteiger partial charge in [-0.2, -0.15) is 0 Å². The Balaban J connectivity index is 2.22. The second-order valence-corrected chi connectivity index (χ2v) is 3.54. The quantitative estimate of drug-likeness (QED) is 0.685. The molecule has 0 aliphatic carbocycles. The van der Waals surface area contributed by atoms with Crippen LogP contribution in [0.2, 0.25) is 0 Å². The number of piperazine rings is 1. The number of nitrogens with two attached hydrogens (primary N) is 1. The maximum atomic E-state index is 11.2. The number of hydrogen-bond acceptors (Lipinski definition) is 3. The number of urea groups is 1. The van der Waals surface area contributed by atoms with E-state index in [1.807, 2.05) is 12.1 Å². The summed E-state index contributed by atoms with van der Waals surface area (Å²) in [6.45, 7) is 2.17. The summed E-state index contributed by atoms with van der Waals surface area (Å²) in [5.41, 5.74) is 6.35. The van der Waals surface area contributed by atoms with Gasteiger partial charge in [0.1, 0.15) is 0 Å². The minimum atomic E-state index is -0.370. The number of carbonyl (C=O) groups excluding carboxylic acids is 1. The molecule has 1 unspecified atom stereocenters. The summed E-state index contributed by atoms with van der Waals surface area (Å²) in [6.07, 6.45) is 3.49. The molecule has 1 aromatic rings. The van der Waals surface area contributed by atoms with Crippen LogP contribution in [-0.2, 0) is 0 Å². The lowest BCUT2D eigenvalue weighted by Crippen LogP contribution is -2.50. The lowest BCUT2D eigenvalue weighted by atomic mass is 10.1. The molecule has 0 bridgehead atoms. The number of hydrogen-bond donors (Lipinski definition) is 2. The van der Waals surface area contributed by atoms with Crippen molar-refractivity contribution < 1.29 is 4.79 Å². The molecule has 0 aromatic carbocycles. The zero-order valence-electron chi connectivity index (χ0n) is 8.39. The van der Waals surface area contributed by atoms with E-state index in [0.29, 0.717) is 6.54 Å². The van der Waals surface area contributed by atoms with Gasteiger partial charge in [0.2, 0.25) is 0 Å². The Kier molecular flexibility index (Phi) is 2.82. The fourth-order valence-corrected chi connectivity index (χ4v) is 1.84. The first kappa shape index (κ1) is 9.92. The Morgan fingerprint density at radius 2 is 2.53 bits per heavy atom. The fourth-order valence-electron chi connectivity index (χ4n) is 1.84. The van der Waals surface area contributed by atoms with Crippen LogP contribution in [0.15, 0.2) is 24.5 Å². The number of nitrogens with one attached hydrogen (secondary N) is 1. The van der Waals surface area contributed by atoms with Gasteiger partial charge in [-0.15, -0.1) is 0 Å². The Hall–Kier alpha value is -1.62. The average molecular weight is 206 g/mol. The number of nitrogens with zero attached hydrogens (tertiary/aromatic N) is 2. The van der Waals surface area contributed by atoms with E-state index in [0.717, 1.165) is 18.7 Å². The fraction of sp³-hybridized carbons (Fsp3) is 0.400. The van der Waals surface area contributed by atoms with Crippen LogP contribution in [-0.4, -0.2) is 35.5 Å². The first-order chi connectivity index (χ1) is 7.29. The van der Waals surface area contributed by atoms with E-state index in [1.165, 1.54) is 0 Å². The largest absolute Gasteiger partial charge is 0.351 e. The van der Waals surface area contributed by atoms with Gasteiger partial charge in [-0.3, -0.25) is 4.98 Å². The van der Waals surface area contributed by atoms with Crippen molar-refractivity contribution in [2.45, 2.75) is 6.04 Å². The van der Waals surface area contributed by atoms with E-state index in [1.54, 1.807) is 17.3 Å². The zero-order valence-corrected chi connectivity index (χ0v) is 8.39. The van der Waals surface area contributed by atoms with Gasteiger partial charge < -0.3 is 16.0 Å². The molecule has 2 rings (SSSR count). The van der Waals surface area contributed by atoms with Gasteiger partial charge in [0.15, 0.2) is 0 Å². The highest BCUT2D eigenvalue weighted by Gasteiger charge is 2.26. The summed E-state index contributed by atoms with van der Waals surface area (Å²) in [5.74, 6) is 0. The third kappa shape index (κ3) is 2.07. The molecule has 0 spiro atoms. The minimum Gasteiger partial charge on any atom is -0.351 e. The van der Waals surface area contributed by atoms with Crippen molar-refractivity contribution in [2.24, 2.45) is 5.73 Å². The number of pyridine rings is 1. The summed E-state index contributed by atoms with van der Waals surface area (Å²) < 4.78 is 0.